The van der Waals surface area contributed by atoms with Crippen molar-refractivity contribution in [3.63, 3.8) is 0 Å². The lowest BCUT2D eigenvalue weighted by molar-refractivity contribution is 0.0822. The summed E-state index contributed by atoms with van der Waals surface area (Å²) in [6.45, 7) is 8.11. The van der Waals surface area contributed by atoms with Crippen molar-refractivity contribution in [2.75, 3.05) is 18.6 Å². The molecular weight excluding hydrogens is 621 g/mol. The zero-order valence-corrected chi connectivity index (χ0v) is 29.7. The first-order valence-electron chi connectivity index (χ1n) is 16.5. The molecule has 0 saturated carbocycles. The van der Waals surface area contributed by atoms with Crippen LogP contribution in [0.5, 0.6) is 5.75 Å². The van der Waals surface area contributed by atoms with E-state index in [2.05, 4.69) is 13.8 Å². The van der Waals surface area contributed by atoms with E-state index in [0.717, 1.165) is 63.4 Å². The Bertz CT molecular complexity index is 1670. The maximum atomic E-state index is 13.7. The molecule has 3 rings (SSSR count). The molecule has 1 unspecified atom stereocenters. The van der Waals surface area contributed by atoms with Crippen molar-refractivity contribution in [2.24, 2.45) is 5.41 Å². The average Bonchev–Trinajstić information content (AvgIpc) is 3.01. The van der Waals surface area contributed by atoms with Gasteiger partial charge in [-0.05, 0) is 78.9 Å². The summed E-state index contributed by atoms with van der Waals surface area (Å²) in [5, 5.41) is 0.970. The van der Waals surface area contributed by atoms with Gasteiger partial charge in [0.2, 0.25) is 10.0 Å². The van der Waals surface area contributed by atoms with E-state index in [1.807, 2.05) is 24.0 Å². The highest BCUT2D eigenvalue weighted by Crippen LogP contribution is 2.36. The minimum atomic E-state index is -4.43. The van der Waals surface area contributed by atoms with Gasteiger partial charge in [-0.2, -0.15) is 0 Å². The largest absolute Gasteiger partial charge is 0.497 e. The number of methoxy groups -OCH3 is 1. The van der Waals surface area contributed by atoms with Gasteiger partial charge < -0.3 is 10.5 Å². The van der Waals surface area contributed by atoms with Gasteiger partial charge in [0.15, 0.2) is 5.78 Å². The molecule has 0 saturated heterocycles. The fourth-order valence-electron chi connectivity index (χ4n) is 6.02. The number of nitrogens with one attached hydrogen (secondary N) is 1. The highest BCUT2D eigenvalue weighted by Gasteiger charge is 2.29. The molecule has 8 nitrogen and oxygen atoms in total. The van der Waals surface area contributed by atoms with Crippen molar-refractivity contribution in [1.29, 1.82) is 0 Å². The van der Waals surface area contributed by atoms with Gasteiger partial charge in [0.1, 0.15) is 5.75 Å². The van der Waals surface area contributed by atoms with Crippen molar-refractivity contribution in [3.8, 4) is 5.75 Å². The molecule has 254 valence electrons. The number of carbonyl (C=O) groups excluding carboxylic acids is 1. The van der Waals surface area contributed by atoms with Gasteiger partial charge in [-0.1, -0.05) is 90.8 Å². The molecule has 0 aliphatic heterocycles. The molecule has 0 aromatic heterocycles. The van der Waals surface area contributed by atoms with Crippen LogP contribution in [0.15, 0.2) is 59.5 Å². The Hall–Kier alpha value is -2.95. The Morgan fingerprint density at radius 3 is 2.22 bits per heavy atom. The molecule has 0 aliphatic carbocycles. The summed E-state index contributed by atoms with van der Waals surface area (Å²) in [5.41, 5.74) is 7.47. The third-order valence-corrected chi connectivity index (χ3v) is 12.4. The van der Waals surface area contributed by atoms with Crippen LogP contribution in [0.1, 0.15) is 120 Å². The van der Waals surface area contributed by atoms with Crippen molar-refractivity contribution in [2.45, 2.75) is 109 Å². The number of ether oxygens (including phenoxy) is 1. The van der Waals surface area contributed by atoms with E-state index < -0.39 is 25.5 Å². The number of anilines is 1. The Balaban J connectivity index is 1.75. The molecule has 46 heavy (non-hydrogen) atoms. The van der Waals surface area contributed by atoms with Crippen LogP contribution in [0.25, 0.3) is 10.8 Å². The number of hydrogen-bond donors (Lipinski definition) is 2. The van der Waals surface area contributed by atoms with Crippen molar-refractivity contribution >= 4 is 42.3 Å². The van der Waals surface area contributed by atoms with Gasteiger partial charge in [-0.25, -0.2) is 16.8 Å². The van der Waals surface area contributed by atoms with Gasteiger partial charge in [-0.3, -0.25) is 4.79 Å². The lowest BCUT2D eigenvalue weighted by Crippen LogP contribution is -2.33. The average molecular weight is 673 g/mol. The summed E-state index contributed by atoms with van der Waals surface area (Å²) >= 11 is 0. The van der Waals surface area contributed by atoms with Gasteiger partial charge >= 0.3 is 0 Å². The molecule has 10 heteroatoms. The maximum absolute atomic E-state index is 13.7. The number of nitrogen functional groups attached to an aromatic ring is 1. The van der Waals surface area contributed by atoms with Crippen LogP contribution in [-0.4, -0.2) is 35.5 Å². The minimum Gasteiger partial charge on any atom is -0.497 e. The molecule has 3 aromatic carbocycles. The first-order chi connectivity index (χ1) is 21.7. The molecule has 0 radical (unpaired) electrons. The van der Waals surface area contributed by atoms with E-state index in [9.17, 15) is 21.6 Å². The van der Waals surface area contributed by atoms with Crippen molar-refractivity contribution < 1.29 is 26.4 Å². The number of benzene rings is 3. The fraction of sp³-hybridized carbons (Fsp3) is 0.528. The topological polar surface area (TPSA) is 133 Å². The number of rotatable bonds is 20. The van der Waals surface area contributed by atoms with Crippen LogP contribution in [0, 0.1) is 5.41 Å². The first kappa shape index (κ1) is 37.5. The van der Waals surface area contributed by atoms with E-state index in [0.29, 0.717) is 34.9 Å². The monoisotopic (exact) mass is 672 g/mol. The molecule has 3 aromatic rings. The molecule has 3 N–H and O–H groups in total. The van der Waals surface area contributed by atoms with Crippen LogP contribution in [0.4, 0.5) is 5.69 Å². The number of unbranched alkanes of at least 4 members (excludes halogenated alkanes) is 6. The predicted octanol–water partition coefficient (Wildman–Crippen LogP) is 8.36. The summed E-state index contributed by atoms with van der Waals surface area (Å²) < 4.78 is 60.3. The van der Waals surface area contributed by atoms with Gasteiger partial charge in [-0.15, -0.1) is 4.13 Å². The molecule has 0 amide bonds. The quantitative estimate of drug-likeness (QED) is 0.0700. The van der Waals surface area contributed by atoms with Gasteiger partial charge in [0.25, 0.3) is 10.0 Å². The highest BCUT2D eigenvalue weighted by molar-refractivity contribution is 8.04. The molecule has 0 bridgehead atoms. The fourth-order valence-corrected chi connectivity index (χ4v) is 9.43. The number of Topliss-reactive ketones (excluding diaryl/α,β-unsaturated/α-hetero) is 1. The molecular formula is C36H52N2O6S2. The minimum absolute atomic E-state index is 0.0416. The van der Waals surface area contributed by atoms with Crippen LogP contribution in [0.2, 0.25) is 0 Å². The second kappa shape index (κ2) is 16.7. The Morgan fingerprint density at radius 2 is 1.57 bits per heavy atom. The first-order valence-corrected chi connectivity index (χ1v) is 19.7. The number of ketones is 1. The molecule has 0 aliphatic rings. The van der Waals surface area contributed by atoms with Crippen LogP contribution < -0.4 is 14.6 Å². The summed E-state index contributed by atoms with van der Waals surface area (Å²) in [6, 6.07) is 15.9. The smallest absolute Gasteiger partial charge is 0.254 e. The molecule has 0 fully saturated rings. The second-order valence-corrected chi connectivity index (χ2v) is 16.7. The third kappa shape index (κ3) is 10.3. The Morgan fingerprint density at radius 1 is 0.891 bits per heavy atom. The van der Waals surface area contributed by atoms with Crippen molar-refractivity contribution in [3.05, 3.63) is 65.7 Å². The van der Waals surface area contributed by atoms with Gasteiger partial charge in [0.05, 0.1) is 17.8 Å². The van der Waals surface area contributed by atoms with E-state index >= 15 is 0 Å². The summed E-state index contributed by atoms with van der Waals surface area (Å²) in [7, 11) is -6.91. The lowest BCUT2D eigenvalue weighted by atomic mass is 9.79. The standard InChI is InChI=1S/C36H52N2O6S2/c1-6-8-9-10-11-14-24-45(40,41)38-46(42,43)33-26-30(25-29-17-15-18-32(37)34(29)33)27(7-2)16-12-13-23-36(3,4)35(39)28-19-21-31(44-5)22-20-28/h15,17-22,25-27,38H,6-14,16,23-24,37H2,1-5H3. The summed E-state index contributed by atoms with van der Waals surface area (Å²) in [5.74, 6) is 0.585. The molecule has 0 spiro atoms. The zero-order valence-electron chi connectivity index (χ0n) is 28.1. The number of sulfonamides is 2. The second-order valence-electron chi connectivity index (χ2n) is 12.9. The molecule has 1 atom stereocenters. The lowest BCUT2D eigenvalue weighted by Gasteiger charge is -2.24. The van der Waals surface area contributed by atoms with Crippen molar-refractivity contribution in [1.82, 2.24) is 4.13 Å². The predicted molar refractivity (Wildman–Crippen MR) is 188 cm³/mol. The summed E-state index contributed by atoms with van der Waals surface area (Å²) in [6.07, 6.45) is 9.24. The molecule has 0 heterocycles. The number of carbonyl (C=O) groups is 1. The van der Waals surface area contributed by atoms with E-state index in [-0.39, 0.29) is 28.0 Å². The maximum Gasteiger partial charge on any atom is 0.254 e. The van der Waals surface area contributed by atoms with E-state index in [4.69, 9.17) is 10.5 Å². The Labute approximate surface area is 276 Å². The summed E-state index contributed by atoms with van der Waals surface area (Å²) in [4.78, 5) is 13.1. The number of hydrogen-bond acceptors (Lipinski definition) is 7. The zero-order chi connectivity index (χ0) is 34.0. The Kier molecular flexibility index (Phi) is 13.7. The van der Waals surface area contributed by atoms with E-state index in [1.54, 1.807) is 55.6 Å². The number of nitrogens with two attached hydrogens (primary N) is 1. The highest BCUT2D eigenvalue weighted by atomic mass is 32.3. The number of fused-ring (bicyclic) bond motifs is 1. The van der Waals surface area contributed by atoms with E-state index in [1.165, 1.54) is 0 Å². The normalized spacial score (nSPS) is 13.2. The third-order valence-electron chi connectivity index (χ3n) is 8.82. The SMILES string of the molecule is CCCCCCCCS(=O)(=O)NS(=O)(=O)c1cc(C(CC)CCCCC(C)(C)C(=O)c2ccc(OC)cc2)cc2cccc(N)c12. The van der Waals surface area contributed by atoms with Crippen LogP contribution in [0.3, 0.4) is 0 Å². The van der Waals surface area contributed by atoms with Crippen LogP contribution in [-0.2, 0) is 20.0 Å². The van der Waals surface area contributed by atoms with Crippen LogP contribution >= 0.6 is 0 Å². The van der Waals surface area contributed by atoms with Gasteiger partial charge in [0, 0.05) is 22.1 Å².